The number of rotatable bonds is 5. The van der Waals surface area contributed by atoms with Crippen LogP contribution in [0.3, 0.4) is 0 Å². The van der Waals surface area contributed by atoms with E-state index in [1.54, 1.807) is 42.1 Å². The largest absolute Gasteiger partial charge is 0.480 e. The van der Waals surface area contributed by atoms with Gasteiger partial charge in [0.15, 0.2) is 6.10 Å². The van der Waals surface area contributed by atoms with E-state index in [0.29, 0.717) is 21.1 Å². The zero-order chi connectivity index (χ0) is 16.3. The monoisotopic (exact) mass is 385 g/mol. The Balaban J connectivity index is 2.04. The number of anilines is 1. The molecule has 2 rings (SSSR count). The van der Waals surface area contributed by atoms with Crippen molar-refractivity contribution >= 4 is 39.3 Å². The lowest BCUT2D eigenvalue weighted by Gasteiger charge is -2.17. The van der Waals surface area contributed by atoms with Crippen molar-refractivity contribution in [2.45, 2.75) is 32.9 Å². The molecule has 1 unspecified atom stereocenters. The number of ether oxygens (including phenoxy) is 1. The summed E-state index contributed by atoms with van der Waals surface area (Å²) in [5, 5.41) is 7.59. The van der Waals surface area contributed by atoms with Crippen LogP contribution in [-0.2, 0) is 4.79 Å². The molecule has 0 aliphatic heterocycles. The standard InChI is InChI=1S/C15H17BrClN3O2/c1-9(2)20-14(6-7-18-20)19-15(21)10(3)22-13-5-4-11(17)8-12(13)16/h4-10H,1-3H3,(H,19,21). The Bertz CT molecular complexity index is 673. The minimum atomic E-state index is -0.659. The molecule has 0 saturated heterocycles. The molecular weight excluding hydrogens is 370 g/mol. The van der Waals surface area contributed by atoms with Crippen LogP contribution in [0, 0.1) is 0 Å². The highest BCUT2D eigenvalue weighted by Gasteiger charge is 2.18. The molecule has 0 aliphatic carbocycles. The lowest BCUT2D eigenvalue weighted by molar-refractivity contribution is -0.122. The van der Waals surface area contributed by atoms with Gasteiger partial charge in [-0.2, -0.15) is 5.10 Å². The van der Waals surface area contributed by atoms with Gasteiger partial charge in [-0.05, 0) is 54.9 Å². The first kappa shape index (κ1) is 16.8. The van der Waals surface area contributed by atoms with Crippen LogP contribution in [0.2, 0.25) is 5.02 Å². The van der Waals surface area contributed by atoms with Crippen LogP contribution < -0.4 is 10.1 Å². The number of halogens is 2. The summed E-state index contributed by atoms with van der Waals surface area (Å²) in [5.41, 5.74) is 0. The fourth-order valence-corrected chi connectivity index (χ4v) is 2.64. The maximum Gasteiger partial charge on any atom is 0.266 e. The number of benzene rings is 1. The number of aromatic nitrogens is 2. The van der Waals surface area contributed by atoms with Gasteiger partial charge in [0, 0.05) is 17.1 Å². The van der Waals surface area contributed by atoms with Gasteiger partial charge in [0.2, 0.25) is 0 Å². The molecule has 118 valence electrons. The van der Waals surface area contributed by atoms with Crippen molar-refractivity contribution in [1.29, 1.82) is 0 Å². The summed E-state index contributed by atoms with van der Waals surface area (Å²) < 4.78 is 8.10. The number of hydrogen-bond acceptors (Lipinski definition) is 3. The minimum Gasteiger partial charge on any atom is -0.480 e. The van der Waals surface area contributed by atoms with E-state index in [4.69, 9.17) is 16.3 Å². The first-order chi connectivity index (χ1) is 10.4. The van der Waals surface area contributed by atoms with Gasteiger partial charge in [-0.3, -0.25) is 4.79 Å². The lowest BCUT2D eigenvalue weighted by atomic mass is 10.3. The summed E-state index contributed by atoms with van der Waals surface area (Å²) in [6, 6.07) is 7.05. The van der Waals surface area contributed by atoms with Crippen LogP contribution in [-0.4, -0.2) is 21.8 Å². The molecular formula is C15H17BrClN3O2. The van der Waals surface area contributed by atoms with Crippen molar-refractivity contribution in [2.24, 2.45) is 0 Å². The van der Waals surface area contributed by atoms with Crippen LogP contribution in [0.1, 0.15) is 26.8 Å². The van der Waals surface area contributed by atoms with Crippen molar-refractivity contribution in [1.82, 2.24) is 9.78 Å². The molecule has 0 spiro atoms. The Labute approximate surface area is 142 Å². The first-order valence-corrected chi connectivity index (χ1v) is 8.01. The molecule has 2 aromatic rings. The van der Waals surface area contributed by atoms with Crippen molar-refractivity contribution in [2.75, 3.05) is 5.32 Å². The van der Waals surface area contributed by atoms with Crippen LogP contribution in [0.25, 0.3) is 0 Å². The molecule has 0 fully saturated rings. The molecule has 7 heteroatoms. The third-order valence-electron chi connectivity index (χ3n) is 2.98. The average molecular weight is 387 g/mol. The Morgan fingerprint density at radius 1 is 1.36 bits per heavy atom. The molecule has 0 saturated carbocycles. The van der Waals surface area contributed by atoms with Crippen LogP contribution >= 0.6 is 27.5 Å². The van der Waals surface area contributed by atoms with Gasteiger partial charge < -0.3 is 10.1 Å². The van der Waals surface area contributed by atoms with E-state index in [1.807, 2.05) is 13.8 Å². The number of nitrogens with zero attached hydrogens (tertiary/aromatic N) is 2. The molecule has 1 heterocycles. The van der Waals surface area contributed by atoms with E-state index in [2.05, 4.69) is 26.3 Å². The van der Waals surface area contributed by atoms with E-state index >= 15 is 0 Å². The molecule has 0 aliphatic rings. The van der Waals surface area contributed by atoms with E-state index < -0.39 is 6.10 Å². The molecule has 22 heavy (non-hydrogen) atoms. The summed E-state index contributed by atoms with van der Waals surface area (Å²) in [5.74, 6) is 0.958. The fourth-order valence-electron chi connectivity index (χ4n) is 1.87. The smallest absolute Gasteiger partial charge is 0.266 e. The van der Waals surface area contributed by atoms with E-state index in [0.717, 1.165) is 0 Å². The molecule has 1 amide bonds. The molecule has 1 aromatic heterocycles. The topological polar surface area (TPSA) is 56.1 Å². The van der Waals surface area contributed by atoms with Gasteiger partial charge in [-0.15, -0.1) is 0 Å². The molecule has 0 bridgehead atoms. The molecule has 1 atom stereocenters. The Morgan fingerprint density at radius 3 is 2.73 bits per heavy atom. The van der Waals surface area contributed by atoms with E-state index in [-0.39, 0.29) is 11.9 Å². The number of carbonyl (C=O) groups excluding carboxylic acids is 1. The molecule has 5 nitrogen and oxygen atoms in total. The third-order valence-corrected chi connectivity index (χ3v) is 3.83. The number of carbonyl (C=O) groups is 1. The van der Waals surface area contributed by atoms with Crippen molar-refractivity contribution in [3.8, 4) is 5.75 Å². The summed E-state index contributed by atoms with van der Waals surface area (Å²) in [7, 11) is 0. The molecule has 1 N–H and O–H groups in total. The predicted molar refractivity (Wildman–Crippen MR) is 90.5 cm³/mol. The quantitative estimate of drug-likeness (QED) is 0.834. The summed E-state index contributed by atoms with van der Waals surface area (Å²) in [6.07, 6.45) is 0.990. The maximum absolute atomic E-state index is 12.2. The number of nitrogens with one attached hydrogen (secondary N) is 1. The normalized spacial score (nSPS) is 12.3. The number of hydrogen-bond donors (Lipinski definition) is 1. The Hall–Kier alpha value is -1.53. The summed E-state index contributed by atoms with van der Waals surface area (Å²) in [6.45, 7) is 5.67. The summed E-state index contributed by atoms with van der Waals surface area (Å²) in [4.78, 5) is 12.2. The van der Waals surface area contributed by atoms with Crippen molar-refractivity contribution in [3.05, 3.63) is 40.0 Å². The average Bonchev–Trinajstić information content (AvgIpc) is 2.90. The van der Waals surface area contributed by atoms with Gasteiger partial charge >= 0.3 is 0 Å². The third kappa shape index (κ3) is 4.01. The van der Waals surface area contributed by atoms with E-state index in [9.17, 15) is 4.79 Å². The zero-order valence-electron chi connectivity index (χ0n) is 12.5. The van der Waals surface area contributed by atoms with Crippen LogP contribution in [0.15, 0.2) is 34.9 Å². The van der Waals surface area contributed by atoms with Gasteiger partial charge in [-0.1, -0.05) is 11.6 Å². The zero-order valence-corrected chi connectivity index (χ0v) is 14.9. The van der Waals surface area contributed by atoms with Crippen molar-refractivity contribution < 1.29 is 9.53 Å². The Kier molecular flexibility index (Phi) is 5.47. The van der Waals surface area contributed by atoms with Crippen molar-refractivity contribution in [3.63, 3.8) is 0 Å². The minimum absolute atomic E-state index is 0.159. The lowest BCUT2D eigenvalue weighted by Crippen LogP contribution is -2.31. The second-order valence-corrected chi connectivity index (χ2v) is 6.37. The van der Waals surface area contributed by atoms with E-state index in [1.165, 1.54) is 0 Å². The highest BCUT2D eigenvalue weighted by atomic mass is 79.9. The van der Waals surface area contributed by atoms with Gasteiger partial charge in [0.25, 0.3) is 5.91 Å². The van der Waals surface area contributed by atoms with Crippen LogP contribution in [0.5, 0.6) is 5.75 Å². The van der Waals surface area contributed by atoms with Crippen LogP contribution in [0.4, 0.5) is 5.82 Å². The SMILES string of the molecule is CC(Oc1ccc(Cl)cc1Br)C(=O)Nc1ccnn1C(C)C. The molecule has 1 aromatic carbocycles. The predicted octanol–water partition coefficient (Wildman–Crippen LogP) is 4.29. The van der Waals surface area contributed by atoms with Gasteiger partial charge in [0.05, 0.1) is 10.7 Å². The van der Waals surface area contributed by atoms with Gasteiger partial charge in [0.1, 0.15) is 11.6 Å². The highest BCUT2D eigenvalue weighted by molar-refractivity contribution is 9.10. The maximum atomic E-state index is 12.2. The highest BCUT2D eigenvalue weighted by Crippen LogP contribution is 2.28. The van der Waals surface area contributed by atoms with Gasteiger partial charge in [-0.25, -0.2) is 4.68 Å². The first-order valence-electron chi connectivity index (χ1n) is 6.84. The molecule has 0 radical (unpaired) electrons. The Morgan fingerprint density at radius 2 is 2.09 bits per heavy atom. The second-order valence-electron chi connectivity index (χ2n) is 5.08. The summed E-state index contributed by atoms with van der Waals surface area (Å²) >= 11 is 9.24. The number of amides is 1. The fraction of sp³-hybridized carbons (Fsp3) is 0.333. The second kappa shape index (κ2) is 7.15.